The fraction of sp³-hybridized carbons (Fsp3) is 0.545. The van der Waals surface area contributed by atoms with Crippen molar-refractivity contribution in [3.63, 3.8) is 0 Å². The maximum atomic E-state index is 11.6. The lowest BCUT2D eigenvalue weighted by atomic mass is 9.91. The summed E-state index contributed by atoms with van der Waals surface area (Å²) in [6, 6.07) is 0. The molecule has 0 aromatic carbocycles. The lowest BCUT2D eigenvalue weighted by Gasteiger charge is -2.13. The fourth-order valence-electron chi connectivity index (χ4n) is 2.19. The minimum Gasteiger partial charge on any atom is -0.289 e. The fourth-order valence-corrected chi connectivity index (χ4v) is 2.19. The van der Waals surface area contributed by atoms with E-state index >= 15 is 0 Å². The van der Waals surface area contributed by atoms with E-state index in [9.17, 15) is 4.79 Å². The van der Waals surface area contributed by atoms with Crippen molar-refractivity contribution >= 4 is 5.78 Å². The first-order valence-corrected chi connectivity index (χ1v) is 4.66. The van der Waals surface area contributed by atoms with Crippen LogP contribution in [-0.2, 0) is 4.79 Å². The van der Waals surface area contributed by atoms with E-state index in [0.717, 1.165) is 24.0 Å². The Hall–Kier alpha value is -0.850. The lowest BCUT2D eigenvalue weighted by molar-refractivity contribution is -0.112. The summed E-state index contributed by atoms with van der Waals surface area (Å²) in [5.41, 5.74) is 4.73. The second kappa shape index (κ2) is 2.58. The van der Waals surface area contributed by atoms with E-state index in [1.54, 1.807) is 0 Å². The zero-order chi connectivity index (χ0) is 8.72. The SMILES string of the molecule is CC1=C(C)C2=C(CCCC2)C1=O. The number of allylic oxidation sites excluding steroid dienone is 4. The second-order valence-corrected chi connectivity index (χ2v) is 3.74. The van der Waals surface area contributed by atoms with Gasteiger partial charge in [-0.15, -0.1) is 0 Å². The van der Waals surface area contributed by atoms with Crippen LogP contribution in [0.3, 0.4) is 0 Å². The molecule has 0 aliphatic heterocycles. The summed E-state index contributed by atoms with van der Waals surface area (Å²) in [4.78, 5) is 11.6. The third kappa shape index (κ3) is 0.889. The van der Waals surface area contributed by atoms with Crippen molar-refractivity contribution in [2.75, 3.05) is 0 Å². The molecule has 0 bridgehead atoms. The van der Waals surface area contributed by atoms with Gasteiger partial charge in [-0.2, -0.15) is 0 Å². The molecule has 0 saturated heterocycles. The van der Waals surface area contributed by atoms with Crippen molar-refractivity contribution in [3.05, 3.63) is 22.3 Å². The first kappa shape index (κ1) is 7.78. The molecule has 0 aromatic rings. The van der Waals surface area contributed by atoms with Gasteiger partial charge in [-0.25, -0.2) is 0 Å². The average molecular weight is 162 g/mol. The minimum atomic E-state index is 0.321. The van der Waals surface area contributed by atoms with Crippen LogP contribution in [0.1, 0.15) is 39.5 Å². The Morgan fingerprint density at radius 1 is 0.917 bits per heavy atom. The molecule has 0 amide bonds. The first-order chi connectivity index (χ1) is 5.72. The molecule has 2 aliphatic carbocycles. The monoisotopic (exact) mass is 162 g/mol. The van der Waals surface area contributed by atoms with E-state index < -0.39 is 0 Å². The molecule has 0 atom stereocenters. The second-order valence-electron chi connectivity index (χ2n) is 3.74. The van der Waals surface area contributed by atoms with Gasteiger partial charge in [0.2, 0.25) is 0 Å². The quantitative estimate of drug-likeness (QED) is 0.535. The van der Waals surface area contributed by atoms with E-state index in [-0.39, 0.29) is 0 Å². The Balaban J connectivity index is 2.46. The highest BCUT2D eigenvalue weighted by atomic mass is 16.1. The highest BCUT2D eigenvalue weighted by molar-refractivity contribution is 6.12. The highest BCUT2D eigenvalue weighted by Gasteiger charge is 2.28. The predicted molar refractivity (Wildman–Crippen MR) is 48.9 cm³/mol. The van der Waals surface area contributed by atoms with Crippen LogP contribution in [0.15, 0.2) is 22.3 Å². The van der Waals surface area contributed by atoms with Crippen molar-refractivity contribution in [1.82, 2.24) is 0 Å². The smallest absolute Gasteiger partial charge is 0.185 e. The van der Waals surface area contributed by atoms with Crippen molar-refractivity contribution in [3.8, 4) is 0 Å². The van der Waals surface area contributed by atoms with E-state index in [1.807, 2.05) is 6.92 Å². The zero-order valence-corrected chi connectivity index (χ0v) is 7.74. The van der Waals surface area contributed by atoms with Gasteiger partial charge in [-0.3, -0.25) is 4.79 Å². The number of hydrogen-bond acceptors (Lipinski definition) is 1. The molecule has 12 heavy (non-hydrogen) atoms. The molecule has 0 heterocycles. The molecule has 1 heteroatoms. The van der Waals surface area contributed by atoms with Crippen LogP contribution in [-0.4, -0.2) is 5.78 Å². The Morgan fingerprint density at radius 3 is 2.08 bits per heavy atom. The molecule has 0 unspecified atom stereocenters. The van der Waals surface area contributed by atoms with Crippen LogP contribution in [0.25, 0.3) is 0 Å². The summed E-state index contributed by atoms with van der Waals surface area (Å²) in [6.45, 7) is 4.04. The molecule has 0 saturated carbocycles. The first-order valence-electron chi connectivity index (χ1n) is 4.66. The molecule has 64 valence electrons. The highest BCUT2D eigenvalue weighted by Crippen LogP contribution is 2.38. The van der Waals surface area contributed by atoms with Gasteiger partial charge >= 0.3 is 0 Å². The van der Waals surface area contributed by atoms with Crippen LogP contribution in [0.5, 0.6) is 0 Å². The Bertz CT molecular complexity index is 305. The summed E-state index contributed by atoms with van der Waals surface area (Å²) < 4.78 is 0. The van der Waals surface area contributed by atoms with Gasteiger partial charge < -0.3 is 0 Å². The summed E-state index contributed by atoms with van der Waals surface area (Å²) in [5, 5.41) is 0. The Morgan fingerprint density at radius 2 is 1.50 bits per heavy atom. The number of carbonyl (C=O) groups is 1. The maximum absolute atomic E-state index is 11.6. The molecular weight excluding hydrogens is 148 g/mol. The van der Waals surface area contributed by atoms with Crippen molar-refractivity contribution in [2.24, 2.45) is 0 Å². The van der Waals surface area contributed by atoms with Gasteiger partial charge in [0.25, 0.3) is 0 Å². The van der Waals surface area contributed by atoms with Gasteiger partial charge in [-0.1, -0.05) is 0 Å². The minimum absolute atomic E-state index is 0.321. The van der Waals surface area contributed by atoms with Crippen molar-refractivity contribution < 1.29 is 4.79 Å². The van der Waals surface area contributed by atoms with Crippen LogP contribution < -0.4 is 0 Å². The van der Waals surface area contributed by atoms with E-state index in [2.05, 4.69) is 6.92 Å². The molecule has 0 aromatic heterocycles. The maximum Gasteiger partial charge on any atom is 0.185 e. The predicted octanol–water partition coefficient (Wildman–Crippen LogP) is 2.78. The number of Topliss-reactive ketones (excluding diaryl/α,β-unsaturated/α-hetero) is 1. The topological polar surface area (TPSA) is 17.1 Å². The summed E-state index contributed by atoms with van der Waals surface area (Å²) >= 11 is 0. The number of rotatable bonds is 0. The standard InChI is InChI=1S/C11H14O/c1-7-8(2)11(12)10-6-4-3-5-9(7)10/h3-6H2,1-2H3. The lowest BCUT2D eigenvalue weighted by Crippen LogP contribution is -2.03. The summed E-state index contributed by atoms with van der Waals surface area (Å²) in [7, 11) is 0. The normalized spacial score (nSPS) is 23.7. The molecule has 1 nitrogen and oxygen atoms in total. The third-order valence-corrected chi connectivity index (χ3v) is 3.10. The van der Waals surface area contributed by atoms with Gasteiger partial charge in [0.05, 0.1) is 0 Å². The molecule has 2 aliphatic rings. The molecule has 0 fully saturated rings. The van der Waals surface area contributed by atoms with Gasteiger partial charge in [-0.05, 0) is 56.3 Å². The van der Waals surface area contributed by atoms with Gasteiger partial charge in [0, 0.05) is 5.57 Å². The van der Waals surface area contributed by atoms with Crippen LogP contribution >= 0.6 is 0 Å². The largest absolute Gasteiger partial charge is 0.289 e. The molecular formula is C11H14O. The summed E-state index contributed by atoms with van der Waals surface area (Å²) in [6.07, 6.45) is 4.61. The average Bonchev–Trinajstić information content (AvgIpc) is 2.33. The molecule has 2 rings (SSSR count). The van der Waals surface area contributed by atoms with Crippen molar-refractivity contribution in [2.45, 2.75) is 39.5 Å². The number of ketones is 1. The van der Waals surface area contributed by atoms with E-state index in [4.69, 9.17) is 0 Å². The van der Waals surface area contributed by atoms with Crippen molar-refractivity contribution in [1.29, 1.82) is 0 Å². The van der Waals surface area contributed by atoms with E-state index in [0.29, 0.717) is 5.78 Å². The Kier molecular flexibility index (Phi) is 1.67. The van der Waals surface area contributed by atoms with Gasteiger partial charge in [0.1, 0.15) is 0 Å². The van der Waals surface area contributed by atoms with Crippen LogP contribution in [0, 0.1) is 0 Å². The zero-order valence-electron chi connectivity index (χ0n) is 7.74. The summed E-state index contributed by atoms with van der Waals surface area (Å²) in [5.74, 6) is 0.321. The molecule has 0 spiro atoms. The molecule has 0 radical (unpaired) electrons. The molecule has 0 N–H and O–H groups in total. The number of carbonyl (C=O) groups excluding carboxylic acids is 1. The van der Waals surface area contributed by atoms with Crippen LogP contribution in [0.4, 0.5) is 0 Å². The van der Waals surface area contributed by atoms with E-state index in [1.165, 1.54) is 24.0 Å². The van der Waals surface area contributed by atoms with Crippen LogP contribution in [0.2, 0.25) is 0 Å². The van der Waals surface area contributed by atoms with Gasteiger partial charge in [0.15, 0.2) is 5.78 Å². The number of hydrogen-bond donors (Lipinski definition) is 0. The Labute approximate surface area is 73.2 Å². The third-order valence-electron chi connectivity index (χ3n) is 3.10.